The van der Waals surface area contributed by atoms with Gasteiger partial charge in [0.1, 0.15) is 11.5 Å². The predicted molar refractivity (Wildman–Crippen MR) is 121 cm³/mol. The molecule has 1 aromatic carbocycles. The van der Waals surface area contributed by atoms with Crippen LogP contribution in [0.25, 0.3) is 21.9 Å². The number of carbonyl (C=O) groups excluding carboxylic acids is 1. The largest absolute Gasteiger partial charge is 0.471 e. The second kappa shape index (κ2) is 8.58. The highest BCUT2D eigenvalue weighted by molar-refractivity contribution is 5.95. The maximum Gasteiger partial charge on any atom is 0.471 e. The molecule has 1 amide bonds. The zero-order valence-corrected chi connectivity index (χ0v) is 18.1. The van der Waals surface area contributed by atoms with E-state index < -0.39 is 12.1 Å². The van der Waals surface area contributed by atoms with Gasteiger partial charge < -0.3 is 14.9 Å². The Kier molecular flexibility index (Phi) is 5.59. The number of anilines is 1. The van der Waals surface area contributed by atoms with Gasteiger partial charge in [0, 0.05) is 17.6 Å². The molecule has 0 bridgehead atoms. The van der Waals surface area contributed by atoms with E-state index >= 15 is 0 Å². The van der Waals surface area contributed by atoms with E-state index in [0.29, 0.717) is 28.5 Å². The monoisotopic (exact) mass is 469 g/mol. The fourth-order valence-corrected chi connectivity index (χ4v) is 4.79. The molecule has 4 aromatic rings. The normalized spacial score (nSPS) is 18.6. The summed E-state index contributed by atoms with van der Waals surface area (Å²) in [4.78, 5) is 34.3. The number of nitrogens with one attached hydrogen (secondary N) is 2. The lowest BCUT2D eigenvalue weighted by molar-refractivity contribution is -0.167. The predicted octanol–water partition coefficient (Wildman–Crippen LogP) is 4.75. The molecule has 2 N–H and O–H groups in total. The number of aryl methyl sites for hydroxylation is 1. The number of benzene rings is 1. The van der Waals surface area contributed by atoms with Crippen molar-refractivity contribution in [1.29, 1.82) is 0 Å². The Bertz CT molecular complexity index is 1430. The van der Waals surface area contributed by atoms with Crippen molar-refractivity contribution in [3.63, 3.8) is 0 Å². The molecule has 1 fully saturated rings. The number of pyridine rings is 1. The van der Waals surface area contributed by atoms with Gasteiger partial charge >= 0.3 is 12.1 Å². The fraction of sp³-hybridized carbons (Fsp3) is 0.333. The molecule has 1 aliphatic rings. The Morgan fingerprint density at radius 2 is 2.00 bits per heavy atom. The number of halogens is 3. The van der Waals surface area contributed by atoms with Crippen LogP contribution < -0.4 is 10.9 Å². The van der Waals surface area contributed by atoms with Crippen molar-refractivity contribution >= 4 is 33.7 Å². The van der Waals surface area contributed by atoms with Crippen molar-refractivity contribution < 1.29 is 18.0 Å². The summed E-state index contributed by atoms with van der Waals surface area (Å²) < 4.78 is 39.6. The summed E-state index contributed by atoms with van der Waals surface area (Å²) in [6.45, 7) is 0. The van der Waals surface area contributed by atoms with Crippen LogP contribution in [0.4, 0.5) is 19.0 Å². The van der Waals surface area contributed by atoms with Crippen LogP contribution in [0.15, 0.2) is 53.7 Å². The Morgan fingerprint density at radius 1 is 1.18 bits per heavy atom. The molecule has 0 radical (unpaired) electrons. The van der Waals surface area contributed by atoms with E-state index in [9.17, 15) is 22.8 Å². The summed E-state index contributed by atoms with van der Waals surface area (Å²) >= 11 is 0. The van der Waals surface area contributed by atoms with Crippen molar-refractivity contribution in [3.8, 4) is 0 Å². The zero-order valence-electron chi connectivity index (χ0n) is 18.1. The Labute approximate surface area is 192 Å². The molecule has 3 heterocycles. The SMILES string of the molecule is O=C(Nc1ccc2ccc(CCC3CCC(n4ccc5c(=O)[nH]cnc54)C3)cc2n1)C(F)(F)F. The summed E-state index contributed by atoms with van der Waals surface area (Å²) in [5.41, 5.74) is 2.16. The van der Waals surface area contributed by atoms with E-state index in [0.717, 1.165) is 43.1 Å². The van der Waals surface area contributed by atoms with Gasteiger partial charge in [-0.1, -0.05) is 12.1 Å². The quantitative estimate of drug-likeness (QED) is 0.441. The fourth-order valence-electron chi connectivity index (χ4n) is 4.79. The molecule has 2 unspecified atom stereocenters. The first-order chi connectivity index (χ1) is 16.3. The molecule has 1 saturated carbocycles. The molecule has 1 aliphatic carbocycles. The van der Waals surface area contributed by atoms with Gasteiger partial charge in [0.15, 0.2) is 0 Å². The van der Waals surface area contributed by atoms with Gasteiger partial charge in [0.2, 0.25) is 0 Å². The number of alkyl halides is 3. The number of nitrogens with zero attached hydrogens (tertiary/aromatic N) is 3. The summed E-state index contributed by atoms with van der Waals surface area (Å²) in [5.74, 6) is -1.65. The van der Waals surface area contributed by atoms with Crippen LogP contribution in [0.5, 0.6) is 0 Å². The molecular weight excluding hydrogens is 447 g/mol. The van der Waals surface area contributed by atoms with Crippen molar-refractivity contribution in [1.82, 2.24) is 19.5 Å². The second-order valence-electron chi connectivity index (χ2n) is 8.74. The van der Waals surface area contributed by atoms with Gasteiger partial charge in [-0.15, -0.1) is 0 Å². The van der Waals surface area contributed by atoms with Crippen molar-refractivity contribution in [2.24, 2.45) is 5.92 Å². The molecule has 5 rings (SSSR count). The Morgan fingerprint density at radius 3 is 2.82 bits per heavy atom. The number of aromatic amines is 1. The molecule has 176 valence electrons. The molecule has 0 spiro atoms. The van der Waals surface area contributed by atoms with Gasteiger partial charge in [-0.25, -0.2) is 9.97 Å². The van der Waals surface area contributed by atoms with Crippen molar-refractivity contribution in [2.75, 3.05) is 5.32 Å². The van der Waals surface area contributed by atoms with Gasteiger partial charge in [0.25, 0.3) is 5.56 Å². The van der Waals surface area contributed by atoms with Gasteiger partial charge in [-0.2, -0.15) is 13.2 Å². The maximum absolute atomic E-state index is 12.5. The van der Waals surface area contributed by atoms with Gasteiger partial charge in [-0.3, -0.25) is 9.59 Å². The minimum Gasteiger partial charge on any atom is -0.329 e. The average Bonchev–Trinajstić information content (AvgIpc) is 3.44. The first-order valence-electron chi connectivity index (χ1n) is 11.1. The third-order valence-corrected chi connectivity index (χ3v) is 6.52. The van der Waals surface area contributed by atoms with E-state index in [-0.39, 0.29) is 11.4 Å². The summed E-state index contributed by atoms with van der Waals surface area (Å²) in [5, 5.41) is 3.19. The number of hydrogen-bond donors (Lipinski definition) is 2. The third-order valence-electron chi connectivity index (χ3n) is 6.52. The van der Waals surface area contributed by atoms with Crippen LogP contribution in [-0.4, -0.2) is 31.6 Å². The molecule has 3 aromatic heterocycles. The van der Waals surface area contributed by atoms with E-state index in [2.05, 4.69) is 19.5 Å². The molecule has 0 aliphatic heterocycles. The van der Waals surface area contributed by atoms with Crippen LogP contribution >= 0.6 is 0 Å². The highest BCUT2D eigenvalue weighted by Gasteiger charge is 2.38. The lowest BCUT2D eigenvalue weighted by Crippen LogP contribution is -2.30. The van der Waals surface area contributed by atoms with E-state index in [4.69, 9.17) is 0 Å². The van der Waals surface area contributed by atoms with Crippen LogP contribution in [0.1, 0.15) is 37.3 Å². The molecule has 0 saturated heterocycles. The first-order valence-corrected chi connectivity index (χ1v) is 11.1. The number of amides is 1. The van der Waals surface area contributed by atoms with Crippen LogP contribution in [-0.2, 0) is 11.2 Å². The molecule has 7 nitrogen and oxygen atoms in total. The highest BCUT2D eigenvalue weighted by atomic mass is 19.4. The number of hydrogen-bond acceptors (Lipinski definition) is 4. The van der Waals surface area contributed by atoms with Crippen LogP contribution in [0.2, 0.25) is 0 Å². The summed E-state index contributed by atoms with van der Waals surface area (Å²) in [6.07, 6.45) is 3.29. The Hall–Kier alpha value is -3.69. The number of aromatic nitrogens is 4. The van der Waals surface area contributed by atoms with E-state index in [1.54, 1.807) is 11.4 Å². The maximum atomic E-state index is 12.5. The van der Waals surface area contributed by atoms with E-state index in [1.807, 2.05) is 30.5 Å². The van der Waals surface area contributed by atoms with Crippen molar-refractivity contribution in [2.45, 2.75) is 44.3 Å². The molecule has 2 atom stereocenters. The first kappa shape index (κ1) is 22.1. The standard InChI is InChI=1S/C24H22F3N5O2/c25-24(26,27)23(34)31-20-8-6-16-5-3-15(12-19(16)30-20)2-1-14-4-7-17(11-14)32-10-9-18-21(32)28-13-29-22(18)33/h3,5-6,8-10,12-14,17H,1-2,4,7,11H2,(H,28,29,33)(H,30,31,34). The van der Waals surface area contributed by atoms with E-state index in [1.165, 1.54) is 12.4 Å². The zero-order chi connectivity index (χ0) is 23.9. The van der Waals surface area contributed by atoms with Gasteiger partial charge in [0.05, 0.1) is 17.2 Å². The number of rotatable bonds is 5. The minimum atomic E-state index is -4.96. The van der Waals surface area contributed by atoms with Crippen LogP contribution in [0, 0.1) is 5.92 Å². The third kappa shape index (κ3) is 4.40. The topological polar surface area (TPSA) is 92.7 Å². The van der Waals surface area contributed by atoms with Gasteiger partial charge in [-0.05, 0) is 67.9 Å². The highest BCUT2D eigenvalue weighted by Crippen LogP contribution is 2.38. The smallest absolute Gasteiger partial charge is 0.329 e. The second-order valence-corrected chi connectivity index (χ2v) is 8.74. The summed E-state index contributed by atoms with van der Waals surface area (Å²) in [7, 11) is 0. The minimum absolute atomic E-state index is 0.128. The lowest BCUT2D eigenvalue weighted by Gasteiger charge is -2.14. The molecular formula is C24H22F3N5O2. The summed E-state index contributed by atoms with van der Waals surface area (Å²) in [6, 6.07) is 10.9. The Balaban J connectivity index is 1.24. The molecule has 10 heteroatoms. The number of carbonyl (C=O) groups is 1. The lowest BCUT2D eigenvalue weighted by atomic mass is 9.97. The number of fused-ring (bicyclic) bond motifs is 2. The van der Waals surface area contributed by atoms with Crippen LogP contribution in [0.3, 0.4) is 0 Å². The van der Waals surface area contributed by atoms with Crippen molar-refractivity contribution in [3.05, 3.63) is 64.8 Å². The number of H-pyrrole nitrogens is 1. The molecule has 34 heavy (non-hydrogen) atoms. The average molecular weight is 469 g/mol.